The maximum Gasteiger partial charge on any atom is 0.256 e. The van der Waals surface area contributed by atoms with Gasteiger partial charge in [-0.1, -0.05) is 0 Å². The molecule has 1 amide bonds. The third-order valence-electron chi connectivity index (χ3n) is 4.53. The van der Waals surface area contributed by atoms with Gasteiger partial charge in [-0.15, -0.1) is 4.91 Å². The molecule has 0 aromatic heterocycles. The summed E-state index contributed by atoms with van der Waals surface area (Å²) in [6, 6.07) is 5.93. The highest BCUT2D eigenvalue weighted by atomic mass is 127. The maximum absolute atomic E-state index is 14.5. The number of hydrogen-bond acceptors (Lipinski definition) is 6. The fourth-order valence-corrected chi connectivity index (χ4v) is 3.46. The summed E-state index contributed by atoms with van der Waals surface area (Å²) in [5.41, 5.74) is -0.503. The Morgan fingerprint density at radius 1 is 1.23 bits per heavy atom. The van der Waals surface area contributed by atoms with Gasteiger partial charge >= 0.3 is 0 Å². The van der Waals surface area contributed by atoms with Crippen LogP contribution in [0.15, 0.2) is 35.6 Å². The van der Waals surface area contributed by atoms with Crippen LogP contribution in [-0.2, 0) is 0 Å². The summed E-state index contributed by atoms with van der Waals surface area (Å²) in [7, 11) is 0. The molecule has 0 saturated carbocycles. The van der Waals surface area contributed by atoms with E-state index < -0.39 is 40.6 Å². The van der Waals surface area contributed by atoms with Crippen molar-refractivity contribution in [2.75, 3.05) is 25.0 Å². The van der Waals surface area contributed by atoms with Crippen molar-refractivity contribution >= 4 is 45.8 Å². The summed E-state index contributed by atoms with van der Waals surface area (Å²) in [5.74, 6) is -4.41. The number of anilines is 2. The molecule has 0 bridgehead atoms. The minimum Gasteiger partial charge on any atom is -0.384 e. The topological polar surface area (TPSA) is 130 Å². The van der Waals surface area contributed by atoms with Gasteiger partial charge in [-0.2, -0.15) is 0 Å². The molecule has 2 aromatic rings. The molecule has 1 aliphatic heterocycles. The van der Waals surface area contributed by atoms with Crippen LogP contribution in [0.1, 0.15) is 10.4 Å². The Morgan fingerprint density at radius 3 is 2.58 bits per heavy atom. The number of benzene rings is 2. The number of aliphatic hydroxyl groups is 1. The second kappa shape index (κ2) is 9.05. The normalized spacial score (nSPS) is 14.4. The zero-order valence-electron chi connectivity index (χ0n) is 15.7. The van der Waals surface area contributed by atoms with Crippen LogP contribution in [0.5, 0.6) is 0 Å². The Labute approximate surface area is 187 Å². The lowest BCUT2D eigenvalue weighted by Gasteiger charge is -2.46. The minimum atomic E-state index is -1.40. The smallest absolute Gasteiger partial charge is 0.256 e. The minimum absolute atomic E-state index is 0.141. The molecule has 1 fully saturated rings. The molecule has 1 aliphatic rings. The van der Waals surface area contributed by atoms with Crippen molar-refractivity contribution < 1.29 is 23.1 Å². The van der Waals surface area contributed by atoms with E-state index in [-0.39, 0.29) is 30.9 Å². The highest BCUT2D eigenvalue weighted by molar-refractivity contribution is 14.1. The van der Waals surface area contributed by atoms with Crippen LogP contribution in [0.4, 0.5) is 24.5 Å². The van der Waals surface area contributed by atoms with Gasteiger partial charge in [0.15, 0.2) is 11.6 Å². The molecule has 5 N–H and O–H groups in total. The van der Waals surface area contributed by atoms with Gasteiger partial charge in [-0.05, 0) is 52.9 Å². The molecule has 0 atom stereocenters. The highest BCUT2D eigenvalue weighted by Gasteiger charge is 2.44. The number of carbonyl (C=O) groups is 1. The molecular formula is C18H16F3IN6O3. The number of nitrogens with one attached hydrogen (secondary N) is 4. The summed E-state index contributed by atoms with van der Waals surface area (Å²) in [4.78, 5) is 24.0. The third-order valence-corrected chi connectivity index (χ3v) is 5.20. The maximum atomic E-state index is 14.5. The molecule has 2 aromatic carbocycles. The van der Waals surface area contributed by atoms with Crippen LogP contribution in [0.2, 0.25) is 0 Å². The fraction of sp³-hybridized carbons (Fsp3) is 0.222. The number of halogens is 4. The summed E-state index contributed by atoms with van der Waals surface area (Å²) >= 11 is 1.89. The van der Waals surface area contributed by atoms with E-state index in [9.17, 15) is 28.0 Å². The van der Waals surface area contributed by atoms with E-state index in [1.54, 1.807) is 6.07 Å². The highest BCUT2D eigenvalue weighted by Crippen LogP contribution is 2.31. The van der Waals surface area contributed by atoms with E-state index in [1.165, 1.54) is 17.0 Å². The lowest BCUT2D eigenvalue weighted by molar-refractivity contribution is -0.0762. The van der Waals surface area contributed by atoms with Gasteiger partial charge in [0, 0.05) is 10.1 Å². The van der Waals surface area contributed by atoms with Crippen LogP contribution >= 0.6 is 22.6 Å². The second-order valence-corrected chi connectivity index (χ2v) is 8.10. The molecule has 13 heteroatoms. The predicted octanol–water partition coefficient (Wildman–Crippen LogP) is 2.43. The van der Waals surface area contributed by atoms with E-state index in [4.69, 9.17) is 5.41 Å². The van der Waals surface area contributed by atoms with E-state index >= 15 is 0 Å². The van der Waals surface area contributed by atoms with E-state index in [0.717, 1.165) is 12.1 Å². The Bertz CT molecular complexity index is 1050. The van der Waals surface area contributed by atoms with Gasteiger partial charge in [-0.25, -0.2) is 18.6 Å². The van der Waals surface area contributed by atoms with Crippen LogP contribution in [0.25, 0.3) is 0 Å². The number of likely N-dealkylation sites (tertiary alicyclic amines) is 1. The number of carbonyl (C=O) groups excluding carboxylic acids is 1. The first-order chi connectivity index (χ1) is 14.6. The molecule has 9 nitrogen and oxygen atoms in total. The van der Waals surface area contributed by atoms with Crippen molar-refractivity contribution in [1.82, 2.24) is 15.6 Å². The van der Waals surface area contributed by atoms with Crippen molar-refractivity contribution in [3.8, 4) is 0 Å². The summed E-state index contributed by atoms with van der Waals surface area (Å²) in [6.45, 7) is -0.497. The lowest BCUT2D eigenvalue weighted by Crippen LogP contribution is -2.67. The molecule has 0 unspecified atom stereocenters. The van der Waals surface area contributed by atoms with Gasteiger partial charge in [-0.3, -0.25) is 10.2 Å². The largest absolute Gasteiger partial charge is 0.384 e. The first kappa shape index (κ1) is 22.7. The standard InChI is InChI=1S/C18H16F3IN6O3/c19-11-3-2-10(15(14(11)21)25-13-4-1-9(22)5-12(13)20)16(29)28-7-18(30,8-28)6-24-17(23)26-27-31/h1-5,25,30H,6-8H2,(H3,23,24,26,31). The average Bonchev–Trinajstić information content (AvgIpc) is 2.69. The Balaban J connectivity index is 1.77. The molecule has 0 aliphatic carbocycles. The van der Waals surface area contributed by atoms with Crippen LogP contribution in [0.3, 0.4) is 0 Å². The summed E-state index contributed by atoms with van der Waals surface area (Å²) in [6.07, 6.45) is 0. The van der Waals surface area contributed by atoms with Crippen molar-refractivity contribution in [2.45, 2.75) is 5.60 Å². The number of rotatable bonds is 6. The van der Waals surface area contributed by atoms with Crippen molar-refractivity contribution in [2.24, 2.45) is 5.29 Å². The van der Waals surface area contributed by atoms with Crippen LogP contribution in [0, 0.1) is 31.3 Å². The number of amides is 1. The van der Waals surface area contributed by atoms with E-state index in [1.807, 2.05) is 28.0 Å². The van der Waals surface area contributed by atoms with Crippen LogP contribution < -0.4 is 16.1 Å². The van der Waals surface area contributed by atoms with Gasteiger partial charge < -0.3 is 20.6 Å². The molecule has 164 valence electrons. The monoisotopic (exact) mass is 548 g/mol. The first-order valence-electron chi connectivity index (χ1n) is 8.76. The van der Waals surface area contributed by atoms with Gasteiger partial charge in [0.05, 0.1) is 35.3 Å². The van der Waals surface area contributed by atoms with Gasteiger partial charge in [0.2, 0.25) is 5.96 Å². The van der Waals surface area contributed by atoms with Crippen molar-refractivity contribution in [3.05, 3.63) is 61.8 Å². The molecule has 1 heterocycles. The molecule has 1 saturated heterocycles. The van der Waals surface area contributed by atoms with Gasteiger partial charge in [0.1, 0.15) is 11.4 Å². The van der Waals surface area contributed by atoms with Crippen molar-refractivity contribution in [3.63, 3.8) is 0 Å². The zero-order chi connectivity index (χ0) is 22.8. The van der Waals surface area contributed by atoms with E-state index in [0.29, 0.717) is 3.57 Å². The fourth-order valence-electron chi connectivity index (χ4n) is 3.00. The first-order valence-corrected chi connectivity index (χ1v) is 9.84. The lowest BCUT2D eigenvalue weighted by atomic mass is 9.93. The molecular weight excluding hydrogens is 532 g/mol. The van der Waals surface area contributed by atoms with Gasteiger partial charge in [0.25, 0.3) is 5.91 Å². The second-order valence-electron chi connectivity index (χ2n) is 6.85. The molecule has 31 heavy (non-hydrogen) atoms. The summed E-state index contributed by atoms with van der Waals surface area (Å²) < 4.78 is 43.1. The number of nitroso groups, excluding NO2 is 1. The zero-order valence-corrected chi connectivity index (χ0v) is 17.8. The predicted molar refractivity (Wildman–Crippen MR) is 114 cm³/mol. The Kier molecular flexibility index (Phi) is 6.64. The Morgan fingerprint density at radius 2 is 1.94 bits per heavy atom. The third kappa shape index (κ3) is 5.04. The van der Waals surface area contributed by atoms with E-state index in [2.05, 4.69) is 15.9 Å². The number of β-amino-alcohol motifs (C(OH)–C–C–N with tert-alkyl or cyclic N) is 1. The number of nitrogens with zero attached hydrogens (tertiary/aromatic N) is 2. The molecule has 3 rings (SSSR count). The quantitative estimate of drug-likeness (QED) is 0.124. The SMILES string of the molecule is N=C(NCC1(O)CN(C(=O)c2ccc(F)c(F)c2Nc2ccc(I)cc2F)C1)NN=O. The van der Waals surface area contributed by atoms with Crippen LogP contribution in [-0.4, -0.2) is 47.1 Å². The molecule has 0 spiro atoms. The number of guanidine groups is 1. The Hall–Kier alpha value is -2.94. The van der Waals surface area contributed by atoms with Crippen molar-refractivity contribution in [1.29, 1.82) is 5.41 Å². The number of hydrogen-bond donors (Lipinski definition) is 5. The average molecular weight is 548 g/mol. The molecule has 0 radical (unpaired) electrons. The summed E-state index contributed by atoms with van der Waals surface area (Å²) in [5, 5.41) is 24.9.